The molecule has 0 aliphatic heterocycles. The Morgan fingerprint density at radius 1 is 1.33 bits per heavy atom. The van der Waals surface area contributed by atoms with E-state index in [0.717, 1.165) is 42.0 Å². The molecule has 1 amide bonds. The zero-order valence-electron chi connectivity index (χ0n) is 12.2. The van der Waals surface area contributed by atoms with Gasteiger partial charge in [0.05, 0.1) is 6.42 Å². The highest BCUT2D eigenvalue weighted by atomic mass is 16.5. The van der Waals surface area contributed by atoms with Crippen LogP contribution < -0.4 is 5.32 Å². The fourth-order valence-corrected chi connectivity index (χ4v) is 2.45. The number of para-hydroxylation sites is 1. The number of nitrogens with one attached hydrogen (secondary N) is 2. The van der Waals surface area contributed by atoms with Crippen LogP contribution in [-0.2, 0) is 16.0 Å². The quantitative estimate of drug-likeness (QED) is 0.733. The lowest BCUT2D eigenvalue weighted by Crippen LogP contribution is -2.26. The van der Waals surface area contributed by atoms with Crippen LogP contribution in [0.5, 0.6) is 0 Å². The predicted octanol–water partition coefficient (Wildman–Crippen LogP) is 2.64. The second-order valence-electron chi connectivity index (χ2n) is 5.76. The summed E-state index contributed by atoms with van der Waals surface area (Å²) in [5.41, 5.74) is 2.13. The normalized spacial score (nSPS) is 14.5. The van der Waals surface area contributed by atoms with E-state index in [-0.39, 0.29) is 5.91 Å². The average Bonchev–Trinajstić information content (AvgIpc) is 3.24. The molecule has 4 nitrogen and oxygen atoms in total. The highest BCUT2D eigenvalue weighted by Gasteiger charge is 2.20. The number of ether oxygens (including phenoxy) is 1. The molecule has 1 heterocycles. The third kappa shape index (κ3) is 4.08. The van der Waals surface area contributed by atoms with Crippen molar-refractivity contribution in [3.05, 3.63) is 36.0 Å². The minimum atomic E-state index is 0.0712. The third-order valence-electron chi connectivity index (χ3n) is 3.86. The van der Waals surface area contributed by atoms with Crippen molar-refractivity contribution in [2.75, 3.05) is 19.8 Å². The van der Waals surface area contributed by atoms with Crippen LogP contribution in [0.2, 0.25) is 0 Å². The maximum absolute atomic E-state index is 11.9. The molecule has 0 bridgehead atoms. The Morgan fingerprint density at radius 3 is 3.05 bits per heavy atom. The summed E-state index contributed by atoms with van der Waals surface area (Å²) in [6.07, 6.45) is 5.87. The number of rotatable bonds is 8. The van der Waals surface area contributed by atoms with Gasteiger partial charge in [-0.3, -0.25) is 4.79 Å². The Kier molecular flexibility index (Phi) is 4.55. The summed E-state index contributed by atoms with van der Waals surface area (Å²) >= 11 is 0. The van der Waals surface area contributed by atoms with E-state index in [1.807, 2.05) is 30.5 Å². The lowest BCUT2D eigenvalue weighted by molar-refractivity contribution is -0.120. The number of hydrogen-bond acceptors (Lipinski definition) is 2. The zero-order chi connectivity index (χ0) is 14.5. The highest BCUT2D eigenvalue weighted by Crippen LogP contribution is 2.28. The van der Waals surface area contributed by atoms with Crippen LogP contribution in [0.1, 0.15) is 24.8 Å². The SMILES string of the molecule is O=C(Cc1c[nH]c2ccccc12)NCCCOCC1CC1. The van der Waals surface area contributed by atoms with Gasteiger partial charge in [0.25, 0.3) is 0 Å². The summed E-state index contributed by atoms with van der Waals surface area (Å²) in [6, 6.07) is 8.05. The fraction of sp³-hybridized carbons (Fsp3) is 0.471. The van der Waals surface area contributed by atoms with Crippen molar-refractivity contribution in [1.29, 1.82) is 0 Å². The van der Waals surface area contributed by atoms with Crippen LogP contribution in [0.4, 0.5) is 0 Å². The van der Waals surface area contributed by atoms with Gasteiger partial charge in [0, 0.05) is 36.9 Å². The van der Waals surface area contributed by atoms with Crippen molar-refractivity contribution in [2.24, 2.45) is 5.92 Å². The molecule has 2 aromatic rings. The van der Waals surface area contributed by atoms with Gasteiger partial charge in [0.2, 0.25) is 5.91 Å². The van der Waals surface area contributed by atoms with Gasteiger partial charge >= 0.3 is 0 Å². The second kappa shape index (κ2) is 6.76. The number of fused-ring (bicyclic) bond motifs is 1. The summed E-state index contributed by atoms with van der Waals surface area (Å²) in [4.78, 5) is 15.1. The van der Waals surface area contributed by atoms with Gasteiger partial charge in [-0.25, -0.2) is 0 Å². The van der Waals surface area contributed by atoms with E-state index in [0.29, 0.717) is 13.0 Å². The lowest BCUT2D eigenvalue weighted by atomic mass is 10.1. The van der Waals surface area contributed by atoms with Crippen LogP contribution in [-0.4, -0.2) is 30.6 Å². The standard InChI is InChI=1S/C17H22N2O2/c20-17(18-8-3-9-21-12-13-6-7-13)10-14-11-19-16-5-2-1-4-15(14)16/h1-2,4-5,11,13,19H,3,6-10,12H2,(H,18,20). The van der Waals surface area contributed by atoms with E-state index in [9.17, 15) is 4.79 Å². The van der Waals surface area contributed by atoms with Crippen molar-refractivity contribution in [3.63, 3.8) is 0 Å². The fourth-order valence-electron chi connectivity index (χ4n) is 2.45. The van der Waals surface area contributed by atoms with Gasteiger partial charge in [0.15, 0.2) is 0 Å². The van der Waals surface area contributed by atoms with E-state index in [2.05, 4.69) is 10.3 Å². The first kappa shape index (κ1) is 14.1. The number of aromatic nitrogens is 1. The number of carbonyl (C=O) groups excluding carboxylic acids is 1. The van der Waals surface area contributed by atoms with Crippen molar-refractivity contribution in [3.8, 4) is 0 Å². The molecule has 0 unspecified atom stereocenters. The van der Waals surface area contributed by atoms with Gasteiger partial charge in [-0.2, -0.15) is 0 Å². The van der Waals surface area contributed by atoms with E-state index in [1.165, 1.54) is 12.8 Å². The van der Waals surface area contributed by atoms with Crippen LogP contribution >= 0.6 is 0 Å². The van der Waals surface area contributed by atoms with Crippen LogP contribution in [0.3, 0.4) is 0 Å². The van der Waals surface area contributed by atoms with Gasteiger partial charge in [-0.05, 0) is 36.8 Å². The molecule has 4 heteroatoms. The molecule has 0 radical (unpaired) electrons. The third-order valence-corrected chi connectivity index (χ3v) is 3.86. The minimum Gasteiger partial charge on any atom is -0.381 e. The number of benzene rings is 1. The Labute approximate surface area is 124 Å². The van der Waals surface area contributed by atoms with Crippen molar-refractivity contribution >= 4 is 16.8 Å². The monoisotopic (exact) mass is 286 g/mol. The maximum Gasteiger partial charge on any atom is 0.224 e. The Morgan fingerprint density at radius 2 is 2.19 bits per heavy atom. The van der Waals surface area contributed by atoms with Gasteiger partial charge in [0.1, 0.15) is 0 Å². The average molecular weight is 286 g/mol. The molecular formula is C17H22N2O2. The van der Waals surface area contributed by atoms with Crippen molar-refractivity contribution < 1.29 is 9.53 Å². The molecule has 1 fully saturated rings. The summed E-state index contributed by atoms with van der Waals surface area (Å²) in [6.45, 7) is 2.32. The predicted molar refractivity (Wildman–Crippen MR) is 83.2 cm³/mol. The molecule has 0 atom stereocenters. The Balaban J connectivity index is 1.37. The highest BCUT2D eigenvalue weighted by molar-refractivity contribution is 5.88. The molecule has 1 aliphatic rings. The zero-order valence-corrected chi connectivity index (χ0v) is 12.2. The number of H-pyrrole nitrogens is 1. The molecule has 21 heavy (non-hydrogen) atoms. The van der Waals surface area contributed by atoms with Crippen LogP contribution in [0.25, 0.3) is 10.9 Å². The van der Waals surface area contributed by atoms with Crippen molar-refractivity contribution in [2.45, 2.75) is 25.7 Å². The number of hydrogen-bond donors (Lipinski definition) is 2. The number of aromatic amines is 1. The lowest BCUT2D eigenvalue weighted by Gasteiger charge is -2.05. The molecule has 2 N–H and O–H groups in total. The largest absolute Gasteiger partial charge is 0.381 e. The van der Waals surface area contributed by atoms with E-state index in [4.69, 9.17) is 4.74 Å². The minimum absolute atomic E-state index is 0.0712. The molecule has 1 aromatic carbocycles. The second-order valence-corrected chi connectivity index (χ2v) is 5.76. The number of carbonyl (C=O) groups is 1. The topological polar surface area (TPSA) is 54.1 Å². The molecule has 112 valence electrons. The first-order valence-electron chi connectivity index (χ1n) is 7.72. The smallest absolute Gasteiger partial charge is 0.224 e. The van der Waals surface area contributed by atoms with E-state index < -0.39 is 0 Å². The first-order valence-corrected chi connectivity index (χ1v) is 7.72. The summed E-state index contributed by atoms with van der Waals surface area (Å²) in [5.74, 6) is 0.878. The summed E-state index contributed by atoms with van der Waals surface area (Å²) in [7, 11) is 0. The van der Waals surface area contributed by atoms with Crippen LogP contribution in [0.15, 0.2) is 30.5 Å². The molecular weight excluding hydrogens is 264 g/mol. The van der Waals surface area contributed by atoms with Gasteiger partial charge in [-0.1, -0.05) is 18.2 Å². The Hall–Kier alpha value is -1.81. The molecule has 0 saturated heterocycles. The van der Waals surface area contributed by atoms with Crippen molar-refractivity contribution in [1.82, 2.24) is 10.3 Å². The first-order chi connectivity index (χ1) is 10.3. The van der Waals surface area contributed by atoms with E-state index in [1.54, 1.807) is 0 Å². The molecule has 1 aromatic heterocycles. The number of amides is 1. The maximum atomic E-state index is 11.9. The summed E-state index contributed by atoms with van der Waals surface area (Å²) < 4.78 is 5.55. The summed E-state index contributed by atoms with van der Waals surface area (Å²) in [5, 5.41) is 4.08. The van der Waals surface area contributed by atoms with E-state index >= 15 is 0 Å². The molecule has 1 aliphatic carbocycles. The van der Waals surface area contributed by atoms with Gasteiger partial charge < -0.3 is 15.0 Å². The molecule has 1 saturated carbocycles. The van der Waals surface area contributed by atoms with Crippen LogP contribution in [0, 0.1) is 5.92 Å². The Bertz CT molecular complexity index is 602. The molecule has 0 spiro atoms. The molecule has 3 rings (SSSR count). The van der Waals surface area contributed by atoms with Gasteiger partial charge in [-0.15, -0.1) is 0 Å².